The topological polar surface area (TPSA) is 78.9 Å². The SMILES string of the molecule is C=C(COC(=O)C(C)(F)F)C(=O)OC1C2CC3C(=O)OC1C3C2. The third-order valence-electron chi connectivity index (χ3n) is 4.68. The highest BCUT2D eigenvalue weighted by Gasteiger charge is 2.63. The van der Waals surface area contributed by atoms with Crippen LogP contribution in [0.25, 0.3) is 0 Å². The zero-order valence-corrected chi connectivity index (χ0v) is 12.4. The Morgan fingerprint density at radius 2 is 2.09 bits per heavy atom. The third kappa shape index (κ3) is 2.70. The van der Waals surface area contributed by atoms with Crippen molar-refractivity contribution in [2.24, 2.45) is 17.8 Å². The molecule has 5 unspecified atom stereocenters. The Labute approximate surface area is 130 Å². The molecule has 3 aliphatic rings. The minimum Gasteiger partial charge on any atom is -0.458 e. The van der Waals surface area contributed by atoms with Crippen LogP contribution >= 0.6 is 0 Å². The summed E-state index contributed by atoms with van der Waals surface area (Å²) in [6, 6.07) is 0. The lowest BCUT2D eigenvalue weighted by molar-refractivity contribution is -0.169. The predicted octanol–water partition coefficient (Wildman–Crippen LogP) is 1.23. The minimum atomic E-state index is -3.64. The highest BCUT2D eigenvalue weighted by atomic mass is 19.3. The van der Waals surface area contributed by atoms with Gasteiger partial charge in [0.25, 0.3) is 0 Å². The summed E-state index contributed by atoms with van der Waals surface area (Å²) in [7, 11) is 0. The van der Waals surface area contributed by atoms with Crippen molar-refractivity contribution in [2.75, 3.05) is 6.61 Å². The molecule has 6 nitrogen and oxygen atoms in total. The second-order valence-corrected chi connectivity index (χ2v) is 6.34. The first-order valence-corrected chi connectivity index (χ1v) is 7.32. The Hall–Kier alpha value is -1.99. The van der Waals surface area contributed by atoms with E-state index in [1.54, 1.807) is 0 Å². The first kappa shape index (κ1) is 15.9. The van der Waals surface area contributed by atoms with Gasteiger partial charge >= 0.3 is 23.8 Å². The molecule has 1 aliphatic heterocycles. The third-order valence-corrected chi connectivity index (χ3v) is 4.68. The van der Waals surface area contributed by atoms with Crippen molar-refractivity contribution in [1.29, 1.82) is 0 Å². The van der Waals surface area contributed by atoms with Gasteiger partial charge in [-0.3, -0.25) is 4.79 Å². The lowest BCUT2D eigenvalue weighted by Crippen LogP contribution is -2.36. The lowest BCUT2D eigenvalue weighted by atomic mass is 9.88. The molecule has 0 radical (unpaired) electrons. The first-order chi connectivity index (χ1) is 10.7. The molecule has 2 bridgehead atoms. The van der Waals surface area contributed by atoms with Crippen molar-refractivity contribution in [3.05, 3.63) is 12.2 Å². The number of ether oxygens (including phenoxy) is 3. The molecule has 2 saturated carbocycles. The number of hydrogen-bond acceptors (Lipinski definition) is 6. The van der Waals surface area contributed by atoms with E-state index in [1.165, 1.54) is 0 Å². The van der Waals surface area contributed by atoms with Crippen molar-refractivity contribution in [2.45, 2.75) is 37.9 Å². The molecular weight excluding hydrogens is 314 g/mol. The second kappa shape index (κ2) is 5.28. The van der Waals surface area contributed by atoms with Gasteiger partial charge in [0.05, 0.1) is 11.5 Å². The number of alkyl halides is 2. The summed E-state index contributed by atoms with van der Waals surface area (Å²) >= 11 is 0. The van der Waals surface area contributed by atoms with Crippen molar-refractivity contribution in [3.63, 3.8) is 0 Å². The van der Waals surface area contributed by atoms with Crippen LogP contribution in [0.4, 0.5) is 8.78 Å². The van der Waals surface area contributed by atoms with Gasteiger partial charge in [0.15, 0.2) is 0 Å². The number of hydrogen-bond donors (Lipinski definition) is 0. The van der Waals surface area contributed by atoms with E-state index in [-0.39, 0.29) is 29.3 Å². The van der Waals surface area contributed by atoms with Gasteiger partial charge in [-0.05, 0) is 12.8 Å². The van der Waals surface area contributed by atoms with Crippen LogP contribution < -0.4 is 0 Å². The van der Waals surface area contributed by atoms with E-state index in [2.05, 4.69) is 11.3 Å². The Kier molecular flexibility index (Phi) is 3.65. The van der Waals surface area contributed by atoms with Crippen molar-refractivity contribution in [3.8, 4) is 0 Å². The second-order valence-electron chi connectivity index (χ2n) is 6.34. The molecule has 3 fully saturated rings. The monoisotopic (exact) mass is 330 g/mol. The lowest BCUT2D eigenvalue weighted by Gasteiger charge is -2.25. The average molecular weight is 330 g/mol. The van der Waals surface area contributed by atoms with Gasteiger partial charge in [-0.15, -0.1) is 0 Å². The van der Waals surface area contributed by atoms with Crippen LogP contribution in [0, 0.1) is 17.8 Å². The fraction of sp³-hybridized carbons (Fsp3) is 0.667. The maximum absolute atomic E-state index is 12.7. The molecule has 1 heterocycles. The number of fused-ring (bicyclic) bond motifs is 1. The summed E-state index contributed by atoms with van der Waals surface area (Å²) in [5.41, 5.74) is -0.244. The van der Waals surface area contributed by atoms with Gasteiger partial charge in [-0.1, -0.05) is 6.58 Å². The van der Waals surface area contributed by atoms with Gasteiger partial charge in [0.1, 0.15) is 18.8 Å². The first-order valence-electron chi connectivity index (χ1n) is 7.32. The van der Waals surface area contributed by atoms with Gasteiger partial charge in [0, 0.05) is 18.8 Å². The molecule has 126 valence electrons. The van der Waals surface area contributed by atoms with Crippen LogP contribution in [0.15, 0.2) is 12.2 Å². The Balaban J connectivity index is 1.53. The molecule has 0 amide bonds. The Bertz CT molecular complexity index is 581. The highest BCUT2D eigenvalue weighted by Crippen LogP contribution is 2.55. The molecule has 8 heteroatoms. The largest absolute Gasteiger partial charge is 0.458 e. The molecule has 3 rings (SSSR count). The van der Waals surface area contributed by atoms with E-state index >= 15 is 0 Å². The number of rotatable bonds is 5. The molecule has 1 saturated heterocycles. The van der Waals surface area contributed by atoms with E-state index in [0.29, 0.717) is 13.3 Å². The molecule has 0 aromatic rings. The summed E-state index contributed by atoms with van der Waals surface area (Å²) in [6.07, 6.45) is 0.407. The zero-order chi connectivity index (χ0) is 16.9. The van der Waals surface area contributed by atoms with Gasteiger partial charge < -0.3 is 14.2 Å². The highest BCUT2D eigenvalue weighted by molar-refractivity contribution is 5.89. The molecule has 0 spiro atoms. The molecule has 0 aromatic heterocycles. The van der Waals surface area contributed by atoms with Crippen molar-refractivity contribution in [1.82, 2.24) is 0 Å². The van der Waals surface area contributed by atoms with Crippen LogP contribution in [-0.2, 0) is 28.6 Å². The molecule has 5 atom stereocenters. The van der Waals surface area contributed by atoms with Gasteiger partial charge in [-0.25, -0.2) is 9.59 Å². The maximum Gasteiger partial charge on any atom is 0.377 e. The minimum absolute atomic E-state index is 0.0562. The molecule has 0 N–H and O–H groups in total. The maximum atomic E-state index is 12.7. The summed E-state index contributed by atoms with van der Waals surface area (Å²) in [5, 5.41) is 0. The van der Waals surface area contributed by atoms with Crippen LogP contribution in [0.3, 0.4) is 0 Å². The van der Waals surface area contributed by atoms with Gasteiger partial charge in [-0.2, -0.15) is 8.78 Å². The summed E-state index contributed by atoms with van der Waals surface area (Å²) < 4.78 is 40.2. The van der Waals surface area contributed by atoms with Crippen molar-refractivity contribution >= 4 is 17.9 Å². The summed E-state index contributed by atoms with van der Waals surface area (Å²) in [6.45, 7) is 3.11. The zero-order valence-electron chi connectivity index (χ0n) is 12.4. The van der Waals surface area contributed by atoms with Crippen LogP contribution in [0.5, 0.6) is 0 Å². The number of carbonyl (C=O) groups is 3. The molecular formula is C15H16F2O6. The fourth-order valence-electron chi connectivity index (χ4n) is 3.61. The standard InChI is InChI=1S/C15H16F2O6/c1-6(5-21-14(20)15(2,16)17)12(18)22-10-7-3-8-9(4-7)13(19)23-11(8)10/h7-11H,1,3-5H2,2H3. The van der Waals surface area contributed by atoms with E-state index in [1.807, 2.05) is 0 Å². The Morgan fingerprint density at radius 1 is 1.39 bits per heavy atom. The molecule has 0 aromatic carbocycles. The number of esters is 3. The predicted molar refractivity (Wildman–Crippen MR) is 70.2 cm³/mol. The average Bonchev–Trinajstić information content (AvgIpc) is 3.07. The smallest absolute Gasteiger partial charge is 0.377 e. The van der Waals surface area contributed by atoms with E-state index in [9.17, 15) is 23.2 Å². The summed E-state index contributed by atoms with van der Waals surface area (Å²) in [4.78, 5) is 34.5. The fourth-order valence-corrected chi connectivity index (χ4v) is 3.61. The van der Waals surface area contributed by atoms with Gasteiger partial charge in [0.2, 0.25) is 0 Å². The molecule has 2 aliphatic carbocycles. The normalized spacial score (nSPS) is 34.2. The molecule has 23 heavy (non-hydrogen) atoms. The number of carbonyl (C=O) groups excluding carboxylic acids is 3. The number of halogens is 2. The van der Waals surface area contributed by atoms with Crippen molar-refractivity contribution < 1.29 is 37.4 Å². The quantitative estimate of drug-likeness (QED) is 0.429. The van der Waals surface area contributed by atoms with E-state index in [0.717, 1.165) is 6.42 Å². The van der Waals surface area contributed by atoms with Crippen LogP contribution in [0.1, 0.15) is 19.8 Å². The van der Waals surface area contributed by atoms with Crippen LogP contribution in [0.2, 0.25) is 0 Å². The Morgan fingerprint density at radius 3 is 2.74 bits per heavy atom. The summed E-state index contributed by atoms with van der Waals surface area (Å²) in [5.74, 6) is -6.43. The van der Waals surface area contributed by atoms with Crippen LogP contribution in [-0.4, -0.2) is 42.6 Å². The van der Waals surface area contributed by atoms with E-state index < -0.39 is 36.7 Å². The van der Waals surface area contributed by atoms with E-state index in [4.69, 9.17) is 9.47 Å².